The van der Waals surface area contributed by atoms with Crippen LogP contribution in [0.15, 0.2) is 0 Å². The molecule has 0 aliphatic carbocycles. The molecule has 1 rings (SSSR count). The average molecular weight is 285 g/mol. The fourth-order valence-corrected chi connectivity index (χ4v) is 2.30. The van der Waals surface area contributed by atoms with Gasteiger partial charge in [0.2, 0.25) is 0 Å². The molecule has 0 aromatic rings. The van der Waals surface area contributed by atoms with Crippen molar-refractivity contribution in [3.63, 3.8) is 0 Å². The molecular weight excluding hydrogens is 254 g/mol. The third kappa shape index (κ3) is 6.12. The van der Waals surface area contributed by atoms with Crippen LogP contribution < -0.4 is 0 Å². The standard InChI is InChI=1S/C16H31NO3/c1-6-7-8-13-19-16(5)9-11-17(12-10-16)14(18)20-15(2,3)4/h6-13H2,1-5H3. The number of rotatable bonds is 5. The Labute approximate surface area is 123 Å². The second-order valence-corrected chi connectivity index (χ2v) is 6.97. The van der Waals surface area contributed by atoms with Gasteiger partial charge in [-0.15, -0.1) is 0 Å². The van der Waals surface area contributed by atoms with E-state index in [1.807, 2.05) is 20.8 Å². The van der Waals surface area contributed by atoms with E-state index in [9.17, 15) is 4.79 Å². The van der Waals surface area contributed by atoms with Gasteiger partial charge in [0.15, 0.2) is 0 Å². The summed E-state index contributed by atoms with van der Waals surface area (Å²) >= 11 is 0. The number of likely N-dealkylation sites (tertiary alicyclic amines) is 1. The Morgan fingerprint density at radius 1 is 1.20 bits per heavy atom. The first-order chi connectivity index (χ1) is 9.26. The zero-order valence-corrected chi connectivity index (χ0v) is 13.8. The lowest BCUT2D eigenvalue weighted by Gasteiger charge is -2.39. The van der Waals surface area contributed by atoms with E-state index in [0.29, 0.717) is 0 Å². The van der Waals surface area contributed by atoms with E-state index in [1.165, 1.54) is 12.8 Å². The average Bonchev–Trinajstić information content (AvgIpc) is 2.33. The first-order valence-electron chi connectivity index (χ1n) is 7.88. The van der Waals surface area contributed by atoms with Crippen molar-refractivity contribution in [3.8, 4) is 0 Å². The van der Waals surface area contributed by atoms with Crippen molar-refractivity contribution in [2.45, 2.75) is 77.9 Å². The van der Waals surface area contributed by atoms with Gasteiger partial charge in [-0.1, -0.05) is 19.8 Å². The van der Waals surface area contributed by atoms with Gasteiger partial charge in [-0.25, -0.2) is 4.79 Å². The first kappa shape index (κ1) is 17.3. The number of ether oxygens (including phenoxy) is 2. The van der Waals surface area contributed by atoms with Crippen molar-refractivity contribution < 1.29 is 14.3 Å². The SMILES string of the molecule is CCCCCOC1(C)CCN(C(=O)OC(C)(C)C)CC1. The number of carbonyl (C=O) groups is 1. The van der Waals surface area contributed by atoms with Crippen LogP contribution in [0.5, 0.6) is 0 Å². The van der Waals surface area contributed by atoms with Crippen LogP contribution in [0.1, 0.15) is 66.7 Å². The molecule has 20 heavy (non-hydrogen) atoms. The van der Waals surface area contributed by atoms with E-state index in [4.69, 9.17) is 9.47 Å². The number of nitrogens with zero attached hydrogens (tertiary/aromatic N) is 1. The summed E-state index contributed by atoms with van der Waals surface area (Å²) in [5.74, 6) is 0. The highest BCUT2D eigenvalue weighted by Crippen LogP contribution is 2.27. The highest BCUT2D eigenvalue weighted by Gasteiger charge is 2.34. The molecule has 1 saturated heterocycles. The van der Waals surface area contributed by atoms with Gasteiger partial charge in [0.1, 0.15) is 5.60 Å². The number of unbranched alkanes of at least 4 members (excludes halogenated alkanes) is 2. The smallest absolute Gasteiger partial charge is 0.410 e. The minimum absolute atomic E-state index is 0.0771. The van der Waals surface area contributed by atoms with Gasteiger partial charge in [0, 0.05) is 19.7 Å². The minimum Gasteiger partial charge on any atom is -0.444 e. The molecule has 1 fully saturated rings. The van der Waals surface area contributed by atoms with Gasteiger partial charge in [-0.3, -0.25) is 0 Å². The molecule has 0 atom stereocenters. The maximum atomic E-state index is 12.0. The third-order valence-corrected chi connectivity index (χ3v) is 3.67. The van der Waals surface area contributed by atoms with Crippen LogP contribution in [-0.4, -0.2) is 41.9 Å². The Hall–Kier alpha value is -0.770. The van der Waals surface area contributed by atoms with Crippen molar-refractivity contribution in [1.29, 1.82) is 0 Å². The molecule has 0 saturated carbocycles. The van der Waals surface area contributed by atoms with E-state index in [2.05, 4.69) is 13.8 Å². The Morgan fingerprint density at radius 3 is 2.30 bits per heavy atom. The minimum atomic E-state index is -0.422. The molecule has 0 spiro atoms. The molecule has 1 aliphatic rings. The Balaban J connectivity index is 2.33. The van der Waals surface area contributed by atoms with Crippen LogP contribution in [0, 0.1) is 0 Å². The molecule has 1 aliphatic heterocycles. The van der Waals surface area contributed by atoms with Crippen LogP contribution in [0.25, 0.3) is 0 Å². The first-order valence-corrected chi connectivity index (χ1v) is 7.88. The number of amides is 1. The topological polar surface area (TPSA) is 38.8 Å². The molecule has 0 bridgehead atoms. The normalized spacial score (nSPS) is 18.9. The molecular formula is C16H31NO3. The van der Waals surface area contributed by atoms with Gasteiger partial charge < -0.3 is 14.4 Å². The van der Waals surface area contributed by atoms with E-state index in [1.54, 1.807) is 4.90 Å². The number of carbonyl (C=O) groups excluding carboxylic acids is 1. The summed E-state index contributed by atoms with van der Waals surface area (Å²) in [7, 11) is 0. The van der Waals surface area contributed by atoms with Crippen LogP contribution >= 0.6 is 0 Å². The van der Waals surface area contributed by atoms with Crippen LogP contribution in [0.4, 0.5) is 4.79 Å². The summed E-state index contributed by atoms with van der Waals surface area (Å²) in [6.07, 6.45) is 5.14. The number of piperidine rings is 1. The largest absolute Gasteiger partial charge is 0.444 e. The summed E-state index contributed by atoms with van der Waals surface area (Å²) in [6.45, 7) is 12.3. The quantitative estimate of drug-likeness (QED) is 0.717. The molecule has 0 radical (unpaired) electrons. The molecule has 0 aromatic heterocycles. The van der Waals surface area contributed by atoms with E-state index < -0.39 is 5.60 Å². The van der Waals surface area contributed by atoms with Crippen LogP contribution in [-0.2, 0) is 9.47 Å². The zero-order valence-electron chi connectivity index (χ0n) is 13.8. The van der Waals surface area contributed by atoms with Crippen molar-refractivity contribution in [2.24, 2.45) is 0 Å². The molecule has 1 heterocycles. The highest BCUT2D eigenvalue weighted by atomic mass is 16.6. The van der Waals surface area contributed by atoms with Gasteiger partial charge in [0.05, 0.1) is 5.60 Å². The fourth-order valence-electron chi connectivity index (χ4n) is 2.30. The maximum Gasteiger partial charge on any atom is 0.410 e. The predicted molar refractivity (Wildman–Crippen MR) is 80.9 cm³/mol. The maximum absolute atomic E-state index is 12.0. The number of hydrogen-bond donors (Lipinski definition) is 0. The monoisotopic (exact) mass is 285 g/mol. The Kier molecular flexibility index (Phi) is 6.31. The van der Waals surface area contributed by atoms with Gasteiger partial charge in [-0.2, -0.15) is 0 Å². The Bertz CT molecular complexity index is 301. The van der Waals surface area contributed by atoms with Gasteiger partial charge in [0.25, 0.3) is 0 Å². The molecule has 118 valence electrons. The summed E-state index contributed by atoms with van der Waals surface area (Å²) in [5, 5.41) is 0. The van der Waals surface area contributed by atoms with Gasteiger partial charge >= 0.3 is 6.09 Å². The Morgan fingerprint density at radius 2 is 1.80 bits per heavy atom. The van der Waals surface area contributed by atoms with Crippen molar-refractivity contribution in [3.05, 3.63) is 0 Å². The second kappa shape index (κ2) is 7.30. The number of hydrogen-bond acceptors (Lipinski definition) is 3. The second-order valence-electron chi connectivity index (χ2n) is 6.97. The van der Waals surface area contributed by atoms with E-state index in [-0.39, 0.29) is 11.7 Å². The lowest BCUT2D eigenvalue weighted by molar-refractivity contribution is -0.0733. The molecule has 0 N–H and O–H groups in total. The van der Waals surface area contributed by atoms with Crippen LogP contribution in [0.2, 0.25) is 0 Å². The summed E-state index contributed by atoms with van der Waals surface area (Å²) in [6, 6.07) is 0. The highest BCUT2D eigenvalue weighted by molar-refractivity contribution is 5.68. The van der Waals surface area contributed by atoms with Crippen molar-refractivity contribution >= 4 is 6.09 Å². The van der Waals surface area contributed by atoms with E-state index in [0.717, 1.165) is 39.0 Å². The molecule has 0 aromatic carbocycles. The lowest BCUT2D eigenvalue weighted by atomic mass is 9.93. The predicted octanol–water partition coefficient (Wildman–Crippen LogP) is 3.98. The fraction of sp³-hybridized carbons (Fsp3) is 0.938. The summed E-state index contributed by atoms with van der Waals surface area (Å²) in [5.41, 5.74) is -0.499. The molecule has 4 heteroatoms. The lowest BCUT2D eigenvalue weighted by Crippen LogP contribution is -2.48. The third-order valence-electron chi connectivity index (χ3n) is 3.67. The van der Waals surface area contributed by atoms with Gasteiger partial charge in [-0.05, 0) is 47.0 Å². The summed E-state index contributed by atoms with van der Waals surface area (Å²) < 4.78 is 11.4. The van der Waals surface area contributed by atoms with Crippen molar-refractivity contribution in [2.75, 3.05) is 19.7 Å². The molecule has 4 nitrogen and oxygen atoms in total. The van der Waals surface area contributed by atoms with E-state index >= 15 is 0 Å². The van der Waals surface area contributed by atoms with Crippen molar-refractivity contribution in [1.82, 2.24) is 4.90 Å². The molecule has 1 amide bonds. The molecule has 0 unspecified atom stereocenters. The summed E-state index contributed by atoms with van der Waals surface area (Å²) in [4.78, 5) is 13.8. The van der Waals surface area contributed by atoms with Crippen LogP contribution in [0.3, 0.4) is 0 Å². The zero-order chi connectivity index (χ0) is 15.2.